The van der Waals surface area contributed by atoms with E-state index < -0.39 is 17.7 Å². The van der Waals surface area contributed by atoms with Crippen molar-refractivity contribution in [2.75, 3.05) is 26.9 Å². The number of ether oxygens (including phenoxy) is 2. The highest BCUT2D eigenvalue weighted by Gasteiger charge is 2.45. The highest BCUT2D eigenvalue weighted by molar-refractivity contribution is 6.46. The van der Waals surface area contributed by atoms with Crippen LogP contribution in [-0.4, -0.2) is 48.6 Å². The lowest BCUT2D eigenvalue weighted by atomic mass is 9.93. The van der Waals surface area contributed by atoms with E-state index in [9.17, 15) is 14.7 Å². The lowest BCUT2D eigenvalue weighted by Crippen LogP contribution is -2.31. The number of hydrogen-bond donors (Lipinski definition) is 1. The number of hydrogen-bond acceptors (Lipinski definition) is 5. The number of likely N-dealkylation sites (tertiary alicyclic amines) is 1. The summed E-state index contributed by atoms with van der Waals surface area (Å²) in [5.41, 5.74) is 2.48. The molecule has 3 rings (SSSR count). The molecule has 0 bridgehead atoms. The van der Waals surface area contributed by atoms with Gasteiger partial charge in [-0.1, -0.05) is 50.2 Å². The van der Waals surface area contributed by atoms with Gasteiger partial charge in [0.2, 0.25) is 0 Å². The Morgan fingerprint density at radius 2 is 1.84 bits per heavy atom. The molecule has 0 spiro atoms. The normalized spacial score (nSPS) is 17.9. The average Bonchev–Trinajstić information content (AvgIpc) is 3.04. The molecule has 1 N–H and O–H groups in total. The molecule has 1 amide bonds. The van der Waals surface area contributed by atoms with E-state index in [1.165, 1.54) is 4.90 Å². The number of nitrogens with zero attached hydrogens (tertiary/aromatic N) is 1. The second-order valence-electron chi connectivity index (χ2n) is 8.12. The van der Waals surface area contributed by atoms with Crippen LogP contribution in [0.5, 0.6) is 5.75 Å². The number of rotatable bonds is 9. The lowest BCUT2D eigenvalue weighted by molar-refractivity contribution is -0.140. The van der Waals surface area contributed by atoms with Gasteiger partial charge in [0.1, 0.15) is 11.5 Å². The molecule has 1 aliphatic rings. The molecule has 32 heavy (non-hydrogen) atoms. The van der Waals surface area contributed by atoms with E-state index >= 15 is 0 Å². The quantitative estimate of drug-likeness (QED) is 0.267. The molecule has 1 saturated heterocycles. The molecular weight excluding hydrogens is 406 g/mol. The summed E-state index contributed by atoms with van der Waals surface area (Å²) in [5, 5.41) is 11.2. The fourth-order valence-electron chi connectivity index (χ4n) is 3.95. The monoisotopic (exact) mass is 437 g/mol. The highest BCUT2D eigenvalue weighted by Crippen LogP contribution is 2.40. The zero-order valence-corrected chi connectivity index (χ0v) is 19.1. The van der Waals surface area contributed by atoms with Crippen LogP contribution in [-0.2, 0) is 14.3 Å². The fraction of sp³-hybridized carbons (Fsp3) is 0.385. The van der Waals surface area contributed by atoms with Crippen LogP contribution in [0.4, 0.5) is 0 Å². The summed E-state index contributed by atoms with van der Waals surface area (Å²) in [6.07, 6.45) is 0.587. The molecule has 0 radical (unpaired) electrons. The van der Waals surface area contributed by atoms with Gasteiger partial charge in [0.25, 0.3) is 11.7 Å². The van der Waals surface area contributed by atoms with Crippen molar-refractivity contribution in [3.8, 4) is 5.75 Å². The smallest absolute Gasteiger partial charge is 0.295 e. The second kappa shape index (κ2) is 10.5. The molecule has 0 saturated carbocycles. The minimum atomic E-state index is -0.681. The van der Waals surface area contributed by atoms with Crippen molar-refractivity contribution in [2.45, 2.75) is 39.2 Å². The van der Waals surface area contributed by atoms with Crippen LogP contribution in [0.25, 0.3) is 5.76 Å². The maximum atomic E-state index is 13.1. The first kappa shape index (κ1) is 23.5. The van der Waals surface area contributed by atoms with Crippen LogP contribution in [0.2, 0.25) is 0 Å². The third-order valence-corrected chi connectivity index (χ3v) is 5.62. The summed E-state index contributed by atoms with van der Waals surface area (Å²) >= 11 is 0. The van der Waals surface area contributed by atoms with Crippen molar-refractivity contribution in [3.63, 3.8) is 0 Å². The molecule has 1 atom stereocenters. The number of aliphatic hydroxyl groups is 1. The topological polar surface area (TPSA) is 76.1 Å². The van der Waals surface area contributed by atoms with Gasteiger partial charge in [0, 0.05) is 25.8 Å². The maximum absolute atomic E-state index is 13.1. The van der Waals surface area contributed by atoms with Gasteiger partial charge in [-0.15, -0.1) is 0 Å². The fourth-order valence-corrected chi connectivity index (χ4v) is 3.95. The summed E-state index contributed by atoms with van der Waals surface area (Å²) in [6.45, 7) is 7.40. The molecular formula is C26H31NO5. The first-order valence-electron chi connectivity index (χ1n) is 11.0. The summed E-state index contributed by atoms with van der Waals surface area (Å²) in [5.74, 6) is -0.541. The van der Waals surface area contributed by atoms with Gasteiger partial charge in [-0.25, -0.2) is 0 Å². The molecule has 0 aromatic heterocycles. The van der Waals surface area contributed by atoms with Gasteiger partial charge in [0.05, 0.1) is 18.2 Å². The van der Waals surface area contributed by atoms with Crippen LogP contribution in [0, 0.1) is 0 Å². The first-order valence-corrected chi connectivity index (χ1v) is 11.0. The Morgan fingerprint density at radius 3 is 2.47 bits per heavy atom. The van der Waals surface area contributed by atoms with Crippen molar-refractivity contribution in [3.05, 3.63) is 70.8 Å². The van der Waals surface area contributed by atoms with Crippen LogP contribution >= 0.6 is 0 Å². The minimum absolute atomic E-state index is 0.0957. The molecule has 6 nitrogen and oxygen atoms in total. The molecule has 170 valence electrons. The van der Waals surface area contributed by atoms with Crippen LogP contribution in [0.1, 0.15) is 55.8 Å². The third-order valence-electron chi connectivity index (χ3n) is 5.62. The standard InChI is InChI=1S/C26H31NO5/c1-5-32-21-9-6-8-20(16-21)24(28)22-23(19-12-10-18(11-13-19)17(2)3)27(14-7-15-31-4)26(30)25(22)29/h6,8-13,16-17,23,28H,5,7,14-15H2,1-4H3. The number of methoxy groups -OCH3 is 1. The number of ketones is 1. The van der Waals surface area contributed by atoms with Gasteiger partial charge < -0.3 is 19.5 Å². The summed E-state index contributed by atoms with van der Waals surface area (Å²) in [4.78, 5) is 27.5. The molecule has 2 aromatic carbocycles. The Morgan fingerprint density at radius 1 is 1.12 bits per heavy atom. The van der Waals surface area contributed by atoms with Gasteiger partial charge in [-0.05, 0) is 42.5 Å². The third kappa shape index (κ3) is 4.86. The highest BCUT2D eigenvalue weighted by atomic mass is 16.5. The van der Waals surface area contributed by atoms with E-state index in [-0.39, 0.29) is 11.3 Å². The predicted molar refractivity (Wildman–Crippen MR) is 124 cm³/mol. The first-order chi connectivity index (χ1) is 15.4. The Labute approximate surface area is 189 Å². The van der Waals surface area contributed by atoms with Crippen molar-refractivity contribution in [2.24, 2.45) is 0 Å². The summed E-state index contributed by atoms with van der Waals surface area (Å²) in [7, 11) is 1.60. The van der Waals surface area contributed by atoms with Gasteiger partial charge in [0.15, 0.2) is 0 Å². The maximum Gasteiger partial charge on any atom is 0.295 e. The molecule has 1 heterocycles. The van der Waals surface area contributed by atoms with E-state index in [1.807, 2.05) is 31.2 Å². The van der Waals surface area contributed by atoms with E-state index in [4.69, 9.17) is 9.47 Å². The largest absolute Gasteiger partial charge is 0.507 e. The van der Waals surface area contributed by atoms with Crippen molar-refractivity contribution in [1.82, 2.24) is 4.90 Å². The Hall–Kier alpha value is -3.12. The van der Waals surface area contributed by atoms with Crippen LogP contribution in [0.3, 0.4) is 0 Å². The van der Waals surface area contributed by atoms with Crippen molar-refractivity contribution < 1.29 is 24.2 Å². The zero-order chi connectivity index (χ0) is 23.3. The summed E-state index contributed by atoms with van der Waals surface area (Å²) < 4.78 is 10.7. The predicted octanol–water partition coefficient (Wildman–Crippen LogP) is 4.67. The average molecular weight is 438 g/mol. The molecule has 1 aliphatic heterocycles. The van der Waals surface area contributed by atoms with Crippen LogP contribution < -0.4 is 4.74 Å². The second-order valence-corrected chi connectivity index (χ2v) is 8.12. The SMILES string of the molecule is CCOc1cccc(C(O)=C2C(=O)C(=O)N(CCCOC)C2c2ccc(C(C)C)cc2)c1. The molecule has 2 aromatic rings. The molecule has 0 aliphatic carbocycles. The molecule has 1 fully saturated rings. The summed E-state index contributed by atoms with van der Waals surface area (Å²) in [6, 6.07) is 14.1. The van der Waals surface area contributed by atoms with Crippen molar-refractivity contribution in [1.29, 1.82) is 0 Å². The van der Waals surface area contributed by atoms with E-state index in [0.29, 0.717) is 43.4 Å². The van der Waals surface area contributed by atoms with Gasteiger partial charge >= 0.3 is 0 Å². The lowest BCUT2D eigenvalue weighted by Gasteiger charge is -2.25. The van der Waals surface area contributed by atoms with Gasteiger partial charge in [-0.3, -0.25) is 9.59 Å². The number of carbonyl (C=O) groups excluding carboxylic acids is 2. The zero-order valence-electron chi connectivity index (χ0n) is 19.1. The molecule has 1 unspecified atom stereocenters. The Kier molecular flexibility index (Phi) is 7.70. The Bertz CT molecular complexity index is 994. The van der Waals surface area contributed by atoms with E-state index in [2.05, 4.69) is 13.8 Å². The van der Waals surface area contributed by atoms with Crippen LogP contribution in [0.15, 0.2) is 54.1 Å². The number of aliphatic hydroxyl groups excluding tert-OH is 1. The number of amides is 1. The van der Waals surface area contributed by atoms with E-state index in [1.54, 1.807) is 31.4 Å². The Balaban J connectivity index is 2.10. The van der Waals surface area contributed by atoms with Crippen molar-refractivity contribution >= 4 is 17.4 Å². The number of benzene rings is 2. The van der Waals surface area contributed by atoms with Gasteiger partial charge in [-0.2, -0.15) is 0 Å². The molecule has 6 heteroatoms. The number of Topliss-reactive ketones (excluding diaryl/α,β-unsaturated/α-hetero) is 1. The number of carbonyl (C=O) groups is 2. The van der Waals surface area contributed by atoms with E-state index in [0.717, 1.165) is 11.1 Å². The minimum Gasteiger partial charge on any atom is -0.507 e.